The lowest BCUT2D eigenvalue weighted by Crippen LogP contribution is -2.22. The van der Waals surface area contributed by atoms with E-state index in [1.807, 2.05) is 54.6 Å². The summed E-state index contributed by atoms with van der Waals surface area (Å²) >= 11 is 0. The van der Waals surface area contributed by atoms with Crippen LogP contribution >= 0.6 is 0 Å². The molecule has 3 aromatic carbocycles. The highest BCUT2D eigenvalue weighted by Gasteiger charge is 2.49. The first kappa shape index (κ1) is 17.5. The van der Waals surface area contributed by atoms with Crippen LogP contribution in [-0.4, -0.2) is 11.4 Å². The fraction of sp³-hybridized carbons (Fsp3) is 0.208. The number of rotatable bonds is 5. The molecule has 3 heteroatoms. The molecule has 0 radical (unpaired) electrons. The second-order valence-electron chi connectivity index (χ2n) is 7.36. The van der Waals surface area contributed by atoms with Crippen molar-refractivity contribution < 1.29 is 4.79 Å². The molecule has 3 N–H and O–H groups in total. The number of hydrogen-bond acceptors (Lipinski definition) is 2. The molecule has 3 nitrogen and oxygen atoms in total. The summed E-state index contributed by atoms with van der Waals surface area (Å²) in [4.78, 5) is 12.5. The molecule has 1 aliphatic carbocycles. The summed E-state index contributed by atoms with van der Waals surface area (Å²) in [7, 11) is 0. The van der Waals surface area contributed by atoms with Crippen molar-refractivity contribution in [2.24, 2.45) is 5.73 Å². The fourth-order valence-corrected chi connectivity index (χ4v) is 3.61. The molecule has 136 valence electrons. The van der Waals surface area contributed by atoms with Crippen LogP contribution in [0.25, 0.3) is 11.1 Å². The maximum atomic E-state index is 12.5. The lowest BCUT2D eigenvalue weighted by molar-refractivity contribution is 0.102. The second kappa shape index (κ2) is 7.01. The van der Waals surface area contributed by atoms with Gasteiger partial charge in [-0.1, -0.05) is 61.5 Å². The molecule has 0 spiro atoms. The number of carbonyl (C=O) groups is 1. The van der Waals surface area contributed by atoms with Crippen molar-refractivity contribution in [3.05, 3.63) is 90.0 Å². The molecule has 0 unspecified atom stereocenters. The predicted octanol–water partition coefficient (Wildman–Crippen LogP) is 5.20. The monoisotopic (exact) mass is 356 g/mol. The summed E-state index contributed by atoms with van der Waals surface area (Å²) in [6, 6.07) is 25.9. The topological polar surface area (TPSA) is 55.1 Å². The Kier molecular flexibility index (Phi) is 4.54. The zero-order valence-electron chi connectivity index (χ0n) is 15.5. The number of nitrogens with two attached hydrogens (primary N) is 1. The third-order valence-electron chi connectivity index (χ3n) is 5.60. The Labute approximate surface area is 160 Å². The minimum Gasteiger partial charge on any atom is -0.325 e. The Morgan fingerprint density at radius 2 is 1.59 bits per heavy atom. The van der Waals surface area contributed by atoms with Gasteiger partial charge in [-0.15, -0.1) is 0 Å². The van der Waals surface area contributed by atoms with Crippen molar-refractivity contribution >= 4 is 11.6 Å². The molecule has 0 bridgehead atoms. The van der Waals surface area contributed by atoms with Crippen molar-refractivity contribution in [2.45, 2.75) is 31.2 Å². The second-order valence-corrected chi connectivity index (χ2v) is 7.36. The summed E-state index contributed by atoms with van der Waals surface area (Å²) in [6.45, 7) is 2.14. The number of amides is 1. The zero-order chi connectivity index (χ0) is 18.9. The molecule has 1 amide bonds. The molecule has 1 fully saturated rings. The fourth-order valence-electron chi connectivity index (χ4n) is 3.61. The van der Waals surface area contributed by atoms with Crippen molar-refractivity contribution in [3.63, 3.8) is 0 Å². The standard InChI is InChI=1S/C24H24N2O/c1-2-24(25)16-22(24)19-12-14-21(15-13-19)26-23(27)20-10-8-18(9-11-20)17-6-4-3-5-7-17/h3-15,22H,2,16,25H2,1H3,(H,26,27)/t22-,24-/m0/s1. The number of hydrogen-bond donors (Lipinski definition) is 2. The molecule has 0 aliphatic heterocycles. The summed E-state index contributed by atoms with van der Waals surface area (Å²) < 4.78 is 0. The van der Waals surface area contributed by atoms with Crippen molar-refractivity contribution in [2.75, 3.05) is 5.32 Å². The average molecular weight is 356 g/mol. The zero-order valence-corrected chi connectivity index (χ0v) is 15.5. The largest absolute Gasteiger partial charge is 0.325 e. The van der Waals surface area contributed by atoms with Crippen LogP contribution in [0.2, 0.25) is 0 Å². The van der Waals surface area contributed by atoms with Crippen LogP contribution in [0.3, 0.4) is 0 Å². The lowest BCUT2D eigenvalue weighted by atomic mass is 10.0. The molecule has 27 heavy (non-hydrogen) atoms. The van der Waals surface area contributed by atoms with Gasteiger partial charge in [-0.3, -0.25) is 4.79 Å². The van der Waals surface area contributed by atoms with E-state index in [2.05, 4.69) is 36.5 Å². The molecule has 2 atom stereocenters. The van der Waals surface area contributed by atoms with Crippen LogP contribution in [0.15, 0.2) is 78.9 Å². The number of carbonyl (C=O) groups excluding carboxylic acids is 1. The Bertz CT molecular complexity index is 932. The molecule has 0 saturated heterocycles. The van der Waals surface area contributed by atoms with Crippen LogP contribution in [-0.2, 0) is 0 Å². The molecular weight excluding hydrogens is 332 g/mol. The normalized spacial score (nSPS) is 20.9. The highest BCUT2D eigenvalue weighted by atomic mass is 16.1. The first-order valence-corrected chi connectivity index (χ1v) is 9.45. The average Bonchev–Trinajstić information content (AvgIpc) is 3.41. The summed E-state index contributed by atoms with van der Waals surface area (Å²) in [5, 5.41) is 2.97. The van der Waals surface area contributed by atoms with Gasteiger partial charge in [-0.05, 0) is 53.8 Å². The Morgan fingerprint density at radius 1 is 0.963 bits per heavy atom. The van der Waals surface area contributed by atoms with E-state index in [0.29, 0.717) is 11.5 Å². The van der Waals surface area contributed by atoms with Gasteiger partial charge in [-0.25, -0.2) is 0 Å². The van der Waals surface area contributed by atoms with Crippen molar-refractivity contribution in [3.8, 4) is 11.1 Å². The first-order chi connectivity index (χ1) is 13.1. The summed E-state index contributed by atoms with van der Waals surface area (Å²) in [6.07, 6.45) is 2.04. The van der Waals surface area contributed by atoms with Crippen LogP contribution in [0.4, 0.5) is 5.69 Å². The Balaban J connectivity index is 1.42. The van der Waals surface area contributed by atoms with Crippen LogP contribution in [0.1, 0.15) is 41.6 Å². The highest BCUT2D eigenvalue weighted by Crippen LogP contribution is 2.51. The van der Waals surface area contributed by atoms with E-state index in [1.54, 1.807) is 0 Å². The number of nitrogens with one attached hydrogen (secondary N) is 1. The van der Waals surface area contributed by atoms with Gasteiger partial charge in [-0.2, -0.15) is 0 Å². The van der Waals surface area contributed by atoms with Gasteiger partial charge in [0, 0.05) is 22.7 Å². The van der Waals surface area contributed by atoms with Gasteiger partial charge in [0.2, 0.25) is 0 Å². The Hall–Kier alpha value is -2.91. The summed E-state index contributed by atoms with van der Waals surface area (Å²) in [5.74, 6) is 0.341. The molecular formula is C24H24N2O. The first-order valence-electron chi connectivity index (χ1n) is 9.45. The van der Waals surface area contributed by atoms with E-state index in [1.165, 1.54) is 5.56 Å². The minimum absolute atomic E-state index is 0.0364. The van der Waals surface area contributed by atoms with Gasteiger partial charge in [0.1, 0.15) is 0 Å². The number of benzene rings is 3. The number of anilines is 1. The van der Waals surface area contributed by atoms with E-state index in [4.69, 9.17) is 5.73 Å². The van der Waals surface area contributed by atoms with Crippen LogP contribution in [0.5, 0.6) is 0 Å². The molecule has 4 rings (SSSR count). The molecule has 0 heterocycles. The van der Waals surface area contributed by atoms with Crippen LogP contribution in [0, 0.1) is 0 Å². The van der Waals surface area contributed by atoms with Gasteiger partial charge in [0.05, 0.1) is 0 Å². The van der Waals surface area contributed by atoms with Crippen molar-refractivity contribution in [1.82, 2.24) is 0 Å². The maximum absolute atomic E-state index is 12.5. The molecule has 0 aromatic heterocycles. The maximum Gasteiger partial charge on any atom is 0.255 e. The SMILES string of the molecule is CC[C@]1(N)C[C@H]1c1ccc(NC(=O)c2ccc(-c3ccccc3)cc2)cc1. The van der Waals surface area contributed by atoms with Crippen molar-refractivity contribution in [1.29, 1.82) is 0 Å². The third-order valence-corrected chi connectivity index (χ3v) is 5.60. The van der Waals surface area contributed by atoms with Gasteiger partial charge in [0.15, 0.2) is 0 Å². The van der Waals surface area contributed by atoms with Gasteiger partial charge >= 0.3 is 0 Å². The molecule has 3 aromatic rings. The molecule has 1 saturated carbocycles. The van der Waals surface area contributed by atoms with E-state index in [-0.39, 0.29) is 11.4 Å². The van der Waals surface area contributed by atoms with E-state index in [0.717, 1.165) is 29.7 Å². The smallest absolute Gasteiger partial charge is 0.255 e. The summed E-state index contributed by atoms with van der Waals surface area (Å²) in [5.41, 5.74) is 11.2. The van der Waals surface area contributed by atoms with Gasteiger partial charge in [0.25, 0.3) is 5.91 Å². The third kappa shape index (κ3) is 3.64. The van der Waals surface area contributed by atoms with E-state index < -0.39 is 0 Å². The highest BCUT2D eigenvalue weighted by molar-refractivity contribution is 6.04. The quantitative estimate of drug-likeness (QED) is 0.660. The van der Waals surface area contributed by atoms with Crippen LogP contribution < -0.4 is 11.1 Å². The predicted molar refractivity (Wildman–Crippen MR) is 111 cm³/mol. The van der Waals surface area contributed by atoms with E-state index in [9.17, 15) is 4.79 Å². The lowest BCUT2D eigenvalue weighted by Gasteiger charge is -2.10. The molecule has 1 aliphatic rings. The minimum atomic E-state index is -0.101. The van der Waals surface area contributed by atoms with E-state index >= 15 is 0 Å². The van der Waals surface area contributed by atoms with Gasteiger partial charge < -0.3 is 11.1 Å². The Morgan fingerprint density at radius 3 is 2.19 bits per heavy atom.